The van der Waals surface area contributed by atoms with Crippen LogP contribution in [0.25, 0.3) is 21.1 Å². The molecule has 41 heavy (non-hydrogen) atoms. The van der Waals surface area contributed by atoms with Crippen molar-refractivity contribution in [3.05, 3.63) is 89.1 Å². The number of thiophene rings is 1. The molecule has 0 bridgehead atoms. The van der Waals surface area contributed by atoms with Crippen molar-refractivity contribution in [3.63, 3.8) is 0 Å². The van der Waals surface area contributed by atoms with Crippen LogP contribution in [0.15, 0.2) is 72.8 Å². The fourth-order valence-corrected chi connectivity index (χ4v) is 6.42. The number of carbonyl (C=O) groups is 2. The number of piperazine rings is 1. The second kappa shape index (κ2) is 11.3. The van der Waals surface area contributed by atoms with E-state index >= 15 is 0 Å². The van der Waals surface area contributed by atoms with Crippen molar-refractivity contribution < 1.29 is 14.3 Å². The number of methoxy groups -OCH3 is 1. The highest BCUT2D eigenvalue weighted by Gasteiger charge is 2.28. The maximum atomic E-state index is 14.1. The summed E-state index contributed by atoms with van der Waals surface area (Å²) < 4.78 is 6.40. The molecule has 1 unspecified atom stereocenters. The normalized spacial score (nSPS) is 14.9. The molecule has 9 heteroatoms. The van der Waals surface area contributed by atoms with Crippen molar-refractivity contribution in [1.82, 2.24) is 19.8 Å². The summed E-state index contributed by atoms with van der Waals surface area (Å²) in [6, 6.07) is 22.5. The monoisotopic (exact) mass is 567 g/mol. The standard InChI is InChI=1S/C32H33N5O3S/c1-4-35-14-16-36(17-15-35)32(39)29-20-23-18-24(12-13-28(23)41-29)37(31(38)22-8-7-9-25(19-22)40-3)21(2)30-33-26-10-5-6-11-27(26)34-30/h5-13,18-21H,4,14-17H2,1-3H3,(H,33,34). The number of anilines is 1. The van der Waals surface area contributed by atoms with Gasteiger partial charge in [0, 0.05) is 42.1 Å². The zero-order chi connectivity index (χ0) is 28.5. The average Bonchev–Trinajstić information content (AvgIpc) is 3.65. The van der Waals surface area contributed by atoms with Crippen molar-refractivity contribution >= 4 is 50.0 Å². The first kappa shape index (κ1) is 27.0. The molecule has 5 aromatic rings. The molecule has 0 spiro atoms. The number of fused-ring (bicyclic) bond motifs is 2. The molecule has 3 aromatic carbocycles. The quantitative estimate of drug-likeness (QED) is 0.262. The van der Waals surface area contributed by atoms with Gasteiger partial charge in [0.05, 0.1) is 29.1 Å². The van der Waals surface area contributed by atoms with Crippen LogP contribution >= 0.6 is 11.3 Å². The van der Waals surface area contributed by atoms with Gasteiger partial charge in [0.15, 0.2) is 0 Å². The Labute approximate surface area is 243 Å². The topological polar surface area (TPSA) is 81.8 Å². The Hall–Kier alpha value is -4.21. The molecule has 8 nitrogen and oxygen atoms in total. The summed E-state index contributed by atoms with van der Waals surface area (Å²) in [4.78, 5) is 42.4. The van der Waals surface area contributed by atoms with E-state index in [1.165, 1.54) is 11.3 Å². The summed E-state index contributed by atoms with van der Waals surface area (Å²) in [5.41, 5.74) is 3.00. The molecule has 0 aliphatic carbocycles. The number of rotatable bonds is 7. The highest BCUT2D eigenvalue weighted by atomic mass is 32.1. The van der Waals surface area contributed by atoms with Gasteiger partial charge in [0.25, 0.3) is 11.8 Å². The second-order valence-electron chi connectivity index (χ2n) is 10.3. The van der Waals surface area contributed by atoms with Gasteiger partial charge in [0.1, 0.15) is 11.6 Å². The van der Waals surface area contributed by atoms with Crippen LogP contribution in [-0.2, 0) is 0 Å². The fourth-order valence-electron chi connectivity index (χ4n) is 5.41. The van der Waals surface area contributed by atoms with Gasteiger partial charge in [-0.05, 0) is 73.5 Å². The fraction of sp³-hybridized carbons (Fsp3) is 0.281. The summed E-state index contributed by atoms with van der Waals surface area (Å²) in [6.45, 7) is 8.41. The van der Waals surface area contributed by atoms with Gasteiger partial charge in [-0.25, -0.2) is 4.98 Å². The van der Waals surface area contributed by atoms with Crippen molar-refractivity contribution in [2.45, 2.75) is 19.9 Å². The van der Waals surface area contributed by atoms with Crippen LogP contribution in [0.2, 0.25) is 0 Å². The van der Waals surface area contributed by atoms with Gasteiger partial charge >= 0.3 is 0 Å². The molecule has 3 heterocycles. The first-order valence-electron chi connectivity index (χ1n) is 13.9. The van der Waals surface area contributed by atoms with E-state index in [9.17, 15) is 9.59 Å². The minimum Gasteiger partial charge on any atom is -0.497 e. The van der Waals surface area contributed by atoms with Gasteiger partial charge in [-0.2, -0.15) is 0 Å². The van der Waals surface area contributed by atoms with Crippen LogP contribution in [-0.4, -0.2) is 71.4 Å². The molecule has 210 valence electrons. The van der Waals surface area contributed by atoms with Crippen molar-refractivity contribution in [2.24, 2.45) is 0 Å². The van der Waals surface area contributed by atoms with Crippen molar-refractivity contribution in [1.29, 1.82) is 0 Å². The van der Waals surface area contributed by atoms with E-state index in [2.05, 4.69) is 16.8 Å². The lowest BCUT2D eigenvalue weighted by Gasteiger charge is -2.33. The van der Waals surface area contributed by atoms with Crippen LogP contribution < -0.4 is 9.64 Å². The number of amides is 2. The number of nitrogens with one attached hydrogen (secondary N) is 1. The number of H-pyrrole nitrogens is 1. The van der Waals surface area contributed by atoms with Crippen LogP contribution in [0.3, 0.4) is 0 Å². The Kier molecular flexibility index (Phi) is 7.47. The first-order chi connectivity index (χ1) is 19.9. The number of benzene rings is 3. The molecular weight excluding hydrogens is 534 g/mol. The number of hydrogen-bond acceptors (Lipinski definition) is 6. The SMILES string of the molecule is CCN1CCN(C(=O)c2cc3cc(N(C(=O)c4cccc(OC)c4)C(C)c4nc5ccccc5[nH]4)ccc3s2)CC1. The largest absolute Gasteiger partial charge is 0.497 e. The van der Waals surface area contributed by atoms with Crippen LogP contribution in [0.1, 0.15) is 45.7 Å². The Bertz CT molecular complexity index is 1690. The Morgan fingerprint density at radius 1 is 1.02 bits per heavy atom. The van der Waals surface area contributed by atoms with E-state index in [4.69, 9.17) is 9.72 Å². The number of para-hydroxylation sites is 2. The summed E-state index contributed by atoms with van der Waals surface area (Å²) in [5, 5.41) is 0.934. The minimum absolute atomic E-state index is 0.0726. The molecule has 2 aromatic heterocycles. The number of imidazole rings is 1. The van der Waals surface area contributed by atoms with Gasteiger partial charge < -0.3 is 19.5 Å². The summed E-state index contributed by atoms with van der Waals surface area (Å²) in [6.07, 6.45) is 0. The van der Waals surface area contributed by atoms with E-state index < -0.39 is 6.04 Å². The molecule has 1 atom stereocenters. The Morgan fingerprint density at radius 2 is 1.83 bits per heavy atom. The molecule has 1 saturated heterocycles. The predicted molar refractivity (Wildman–Crippen MR) is 164 cm³/mol. The number of ether oxygens (including phenoxy) is 1. The van der Waals surface area contributed by atoms with E-state index in [0.717, 1.165) is 64.4 Å². The van der Waals surface area contributed by atoms with E-state index in [1.807, 2.05) is 72.5 Å². The van der Waals surface area contributed by atoms with Gasteiger partial charge in [-0.15, -0.1) is 11.3 Å². The number of nitrogens with zero attached hydrogens (tertiary/aromatic N) is 4. The molecule has 2 amide bonds. The van der Waals surface area contributed by atoms with Crippen molar-refractivity contribution in [2.75, 3.05) is 44.7 Å². The summed E-state index contributed by atoms with van der Waals surface area (Å²) in [7, 11) is 1.59. The van der Waals surface area contributed by atoms with Crippen LogP contribution in [0.5, 0.6) is 5.75 Å². The Morgan fingerprint density at radius 3 is 2.59 bits per heavy atom. The molecule has 0 saturated carbocycles. The van der Waals surface area contributed by atoms with E-state index in [0.29, 0.717) is 17.1 Å². The number of aromatic amines is 1. The third-order valence-electron chi connectivity index (χ3n) is 7.82. The molecule has 1 aliphatic rings. The lowest BCUT2D eigenvalue weighted by molar-refractivity contribution is 0.0648. The summed E-state index contributed by atoms with van der Waals surface area (Å²) in [5.74, 6) is 1.21. The lowest BCUT2D eigenvalue weighted by Crippen LogP contribution is -2.48. The molecule has 1 fully saturated rings. The maximum Gasteiger partial charge on any atom is 0.264 e. The number of aromatic nitrogens is 2. The average molecular weight is 568 g/mol. The first-order valence-corrected chi connectivity index (χ1v) is 14.7. The highest BCUT2D eigenvalue weighted by Crippen LogP contribution is 2.35. The van der Waals surface area contributed by atoms with E-state index in [-0.39, 0.29) is 11.8 Å². The number of hydrogen-bond donors (Lipinski definition) is 1. The van der Waals surface area contributed by atoms with Gasteiger partial charge in [-0.3, -0.25) is 14.5 Å². The van der Waals surface area contributed by atoms with Gasteiger partial charge in [0.2, 0.25) is 0 Å². The Balaban J connectivity index is 1.36. The number of carbonyl (C=O) groups excluding carboxylic acids is 2. The minimum atomic E-state index is -0.395. The highest BCUT2D eigenvalue weighted by molar-refractivity contribution is 7.20. The summed E-state index contributed by atoms with van der Waals surface area (Å²) >= 11 is 1.50. The second-order valence-corrected chi connectivity index (χ2v) is 11.4. The number of likely N-dealkylation sites (N-methyl/N-ethyl adjacent to an activating group) is 1. The van der Waals surface area contributed by atoms with Crippen LogP contribution in [0, 0.1) is 0 Å². The lowest BCUT2D eigenvalue weighted by atomic mass is 10.1. The molecule has 6 rings (SSSR count). The predicted octanol–water partition coefficient (Wildman–Crippen LogP) is 5.97. The maximum absolute atomic E-state index is 14.1. The smallest absolute Gasteiger partial charge is 0.264 e. The van der Waals surface area contributed by atoms with Crippen molar-refractivity contribution in [3.8, 4) is 5.75 Å². The third kappa shape index (κ3) is 5.30. The molecule has 1 aliphatic heterocycles. The molecular formula is C32H33N5O3S. The third-order valence-corrected chi connectivity index (χ3v) is 8.93. The van der Waals surface area contributed by atoms with E-state index in [1.54, 1.807) is 24.1 Å². The molecule has 0 radical (unpaired) electrons. The van der Waals surface area contributed by atoms with Gasteiger partial charge in [-0.1, -0.05) is 25.1 Å². The zero-order valence-corrected chi connectivity index (χ0v) is 24.3. The molecule has 1 N–H and O–H groups in total. The zero-order valence-electron chi connectivity index (χ0n) is 23.5. The van der Waals surface area contributed by atoms with Crippen LogP contribution in [0.4, 0.5) is 5.69 Å².